The SMILES string of the molecule is CCCCC/C=C\C/C=C\C/C=C/CCCCCCCCC. The van der Waals surface area contributed by atoms with Gasteiger partial charge in [0.2, 0.25) is 0 Å². The van der Waals surface area contributed by atoms with Crippen LogP contribution in [0.25, 0.3) is 0 Å². The Kier molecular flexibility index (Phi) is 19.5. The Bertz CT molecular complexity index is 270. The van der Waals surface area contributed by atoms with Gasteiger partial charge in [0, 0.05) is 0 Å². The average molecular weight is 305 g/mol. The molecule has 0 aliphatic rings. The lowest BCUT2D eigenvalue weighted by atomic mass is 10.1. The van der Waals surface area contributed by atoms with E-state index in [4.69, 9.17) is 0 Å². The lowest BCUT2D eigenvalue weighted by Crippen LogP contribution is -1.78. The molecule has 0 radical (unpaired) electrons. The topological polar surface area (TPSA) is 0 Å². The van der Waals surface area contributed by atoms with Gasteiger partial charge in [-0.2, -0.15) is 0 Å². The molecular weight excluding hydrogens is 264 g/mol. The third-order valence-electron chi connectivity index (χ3n) is 3.99. The fraction of sp³-hybridized carbons (Fsp3) is 0.727. The summed E-state index contributed by atoms with van der Waals surface area (Å²) in [5, 5.41) is 0. The molecule has 0 atom stereocenters. The summed E-state index contributed by atoms with van der Waals surface area (Å²) in [7, 11) is 0. The minimum absolute atomic E-state index is 1.09. The van der Waals surface area contributed by atoms with Gasteiger partial charge in [0.05, 0.1) is 0 Å². The van der Waals surface area contributed by atoms with Gasteiger partial charge in [0.15, 0.2) is 0 Å². The predicted octanol–water partition coefficient (Wildman–Crippen LogP) is 8.16. The van der Waals surface area contributed by atoms with E-state index in [0.717, 1.165) is 12.8 Å². The smallest absolute Gasteiger partial charge is 0.0169 e. The Hall–Kier alpha value is -0.780. The maximum atomic E-state index is 2.36. The van der Waals surface area contributed by atoms with Crippen LogP contribution in [0.5, 0.6) is 0 Å². The van der Waals surface area contributed by atoms with E-state index in [2.05, 4.69) is 50.3 Å². The molecule has 0 rings (SSSR count). The van der Waals surface area contributed by atoms with Crippen molar-refractivity contribution in [3.05, 3.63) is 36.5 Å². The molecule has 128 valence electrons. The molecule has 0 N–H and O–H groups in total. The van der Waals surface area contributed by atoms with Gasteiger partial charge < -0.3 is 0 Å². The van der Waals surface area contributed by atoms with Gasteiger partial charge in [-0.05, 0) is 38.5 Å². The molecule has 0 bridgehead atoms. The average Bonchev–Trinajstić information content (AvgIpc) is 2.54. The molecule has 0 aliphatic carbocycles. The van der Waals surface area contributed by atoms with E-state index in [1.165, 1.54) is 77.0 Å². The zero-order chi connectivity index (χ0) is 16.1. The third kappa shape index (κ3) is 19.2. The van der Waals surface area contributed by atoms with Gasteiger partial charge in [-0.1, -0.05) is 102 Å². The first kappa shape index (κ1) is 21.2. The standard InChI is InChI=1S/C22H40/c1-3-5-7-9-11-13-15-17-19-21-22-20-18-16-14-12-10-8-6-4-2/h11,13,17,19-20,22H,3-10,12,14-16,18,21H2,1-2H3/b13-11-,19-17-,22-20+. The summed E-state index contributed by atoms with van der Waals surface area (Å²) in [6, 6.07) is 0. The largest absolute Gasteiger partial charge is 0.0882 e. The summed E-state index contributed by atoms with van der Waals surface area (Å²) < 4.78 is 0. The van der Waals surface area contributed by atoms with Gasteiger partial charge in [-0.25, -0.2) is 0 Å². The quantitative estimate of drug-likeness (QED) is 0.199. The zero-order valence-electron chi connectivity index (χ0n) is 15.4. The molecular formula is C22H40. The normalized spacial score (nSPS) is 12.3. The van der Waals surface area contributed by atoms with Crippen LogP contribution in [0.15, 0.2) is 36.5 Å². The number of hydrogen-bond acceptors (Lipinski definition) is 0. The van der Waals surface area contributed by atoms with Crippen molar-refractivity contribution in [2.45, 2.75) is 104 Å². The fourth-order valence-corrected chi connectivity index (χ4v) is 2.51. The van der Waals surface area contributed by atoms with Crippen LogP contribution < -0.4 is 0 Å². The van der Waals surface area contributed by atoms with E-state index in [0.29, 0.717) is 0 Å². The van der Waals surface area contributed by atoms with Gasteiger partial charge in [-0.15, -0.1) is 0 Å². The highest BCUT2D eigenvalue weighted by atomic mass is 13.9. The molecule has 0 fully saturated rings. The molecule has 0 amide bonds. The van der Waals surface area contributed by atoms with Crippen molar-refractivity contribution in [3.63, 3.8) is 0 Å². The molecule has 0 aliphatic heterocycles. The minimum atomic E-state index is 1.09. The second-order valence-electron chi connectivity index (χ2n) is 6.29. The first-order valence-electron chi connectivity index (χ1n) is 9.86. The van der Waals surface area contributed by atoms with E-state index in [1.54, 1.807) is 0 Å². The fourth-order valence-electron chi connectivity index (χ4n) is 2.51. The maximum absolute atomic E-state index is 2.36. The molecule has 0 nitrogen and oxygen atoms in total. The molecule has 0 unspecified atom stereocenters. The molecule has 0 aromatic rings. The van der Waals surface area contributed by atoms with Crippen LogP contribution in [-0.4, -0.2) is 0 Å². The van der Waals surface area contributed by atoms with E-state index in [-0.39, 0.29) is 0 Å². The van der Waals surface area contributed by atoms with Crippen LogP contribution in [0.4, 0.5) is 0 Å². The summed E-state index contributed by atoms with van der Waals surface area (Å²) in [6.45, 7) is 4.54. The number of rotatable bonds is 16. The van der Waals surface area contributed by atoms with Crippen LogP contribution in [-0.2, 0) is 0 Å². The van der Waals surface area contributed by atoms with Gasteiger partial charge >= 0.3 is 0 Å². The van der Waals surface area contributed by atoms with Crippen LogP contribution in [0, 0.1) is 0 Å². The molecule has 0 heterocycles. The maximum Gasteiger partial charge on any atom is -0.0169 e. The molecule has 22 heavy (non-hydrogen) atoms. The van der Waals surface area contributed by atoms with Gasteiger partial charge in [0.25, 0.3) is 0 Å². The predicted molar refractivity (Wildman–Crippen MR) is 103 cm³/mol. The Morgan fingerprint density at radius 2 is 0.773 bits per heavy atom. The van der Waals surface area contributed by atoms with Crippen molar-refractivity contribution < 1.29 is 0 Å². The van der Waals surface area contributed by atoms with Crippen LogP contribution in [0.2, 0.25) is 0 Å². The second kappa shape index (κ2) is 20.2. The van der Waals surface area contributed by atoms with E-state index >= 15 is 0 Å². The molecule has 0 aromatic carbocycles. The van der Waals surface area contributed by atoms with Crippen LogP contribution in [0.3, 0.4) is 0 Å². The van der Waals surface area contributed by atoms with Crippen molar-refractivity contribution in [1.82, 2.24) is 0 Å². The van der Waals surface area contributed by atoms with Crippen LogP contribution in [0.1, 0.15) is 104 Å². The van der Waals surface area contributed by atoms with E-state index in [9.17, 15) is 0 Å². The van der Waals surface area contributed by atoms with Crippen molar-refractivity contribution in [2.24, 2.45) is 0 Å². The van der Waals surface area contributed by atoms with Crippen molar-refractivity contribution in [2.75, 3.05) is 0 Å². The summed E-state index contributed by atoms with van der Waals surface area (Å²) in [4.78, 5) is 0. The Morgan fingerprint density at radius 1 is 0.409 bits per heavy atom. The highest BCUT2D eigenvalue weighted by molar-refractivity contribution is 4.97. The van der Waals surface area contributed by atoms with E-state index < -0.39 is 0 Å². The Morgan fingerprint density at radius 3 is 1.32 bits per heavy atom. The van der Waals surface area contributed by atoms with Gasteiger partial charge in [0.1, 0.15) is 0 Å². The Balaban J connectivity index is 3.24. The third-order valence-corrected chi connectivity index (χ3v) is 3.99. The summed E-state index contributed by atoms with van der Waals surface area (Å²) in [6.07, 6.45) is 32.5. The lowest BCUT2D eigenvalue weighted by molar-refractivity contribution is 0.592. The van der Waals surface area contributed by atoms with E-state index in [1.807, 2.05) is 0 Å². The first-order valence-corrected chi connectivity index (χ1v) is 9.86. The number of unbranched alkanes of at least 4 members (excludes halogenated alkanes) is 10. The Labute approximate surface area is 140 Å². The highest BCUT2D eigenvalue weighted by Gasteiger charge is 1.89. The lowest BCUT2D eigenvalue weighted by Gasteiger charge is -1.98. The van der Waals surface area contributed by atoms with Crippen molar-refractivity contribution in [3.8, 4) is 0 Å². The summed E-state index contributed by atoms with van der Waals surface area (Å²) >= 11 is 0. The summed E-state index contributed by atoms with van der Waals surface area (Å²) in [5.74, 6) is 0. The molecule has 0 aromatic heterocycles. The van der Waals surface area contributed by atoms with Crippen molar-refractivity contribution >= 4 is 0 Å². The molecule has 0 saturated heterocycles. The van der Waals surface area contributed by atoms with Gasteiger partial charge in [-0.3, -0.25) is 0 Å². The van der Waals surface area contributed by atoms with Crippen LogP contribution >= 0.6 is 0 Å². The molecule has 0 spiro atoms. The first-order chi connectivity index (χ1) is 10.9. The monoisotopic (exact) mass is 304 g/mol. The molecule has 0 saturated carbocycles. The zero-order valence-corrected chi connectivity index (χ0v) is 15.4. The second-order valence-corrected chi connectivity index (χ2v) is 6.29. The number of allylic oxidation sites excluding steroid dienone is 6. The molecule has 0 heteroatoms. The summed E-state index contributed by atoms with van der Waals surface area (Å²) in [5.41, 5.74) is 0. The van der Waals surface area contributed by atoms with Crippen molar-refractivity contribution in [1.29, 1.82) is 0 Å². The highest BCUT2D eigenvalue weighted by Crippen LogP contribution is 2.08. The number of hydrogen-bond donors (Lipinski definition) is 0. The minimum Gasteiger partial charge on any atom is -0.0882 e.